The van der Waals surface area contributed by atoms with Crippen LogP contribution in [0.2, 0.25) is 0 Å². The zero-order valence-corrected chi connectivity index (χ0v) is 26.0. The van der Waals surface area contributed by atoms with Crippen LogP contribution in [-0.4, -0.2) is 197 Å². The predicted octanol–water partition coefficient (Wildman–Crippen LogP) is -16.5. The molecule has 0 amide bonds. The molecule has 6 unspecified atom stereocenters. The Balaban J connectivity index is -0.000000152. The minimum Gasteiger partial charge on any atom is -0.547 e. The largest absolute Gasteiger partial charge is 3.00 e. The number of carboxylic acids is 6. The minimum atomic E-state index is -2.44. The van der Waals surface area contributed by atoms with E-state index in [9.17, 15) is 64.2 Å². The van der Waals surface area contributed by atoms with Crippen LogP contribution >= 0.6 is 0 Å². The van der Waals surface area contributed by atoms with Gasteiger partial charge in [-0.05, 0) is 0 Å². The van der Waals surface area contributed by atoms with Crippen molar-refractivity contribution in [3.63, 3.8) is 0 Å². The Morgan fingerprint density at radius 3 is 0.886 bits per heavy atom. The molecular formula is C18H20O24Sb2. The first-order chi connectivity index (χ1) is 19.0. The first kappa shape index (κ1) is 50.6. The maximum absolute atomic E-state index is 10.5. The van der Waals surface area contributed by atoms with Gasteiger partial charge in [-0.3, -0.25) is 0 Å². The number of aliphatic hydroxyl groups is 10. The summed E-state index contributed by atoms with van der Waals surface area (Å²) in [6.07, 6.45) is -17.4. The van der Waals surface area contributed by atoms with E-state index in [0.29, 0.717) is 0 Å². The second-order valence-electron chi connectivity index (χ2n) is 6.89. The Morgan fingerprint density at radius 2 is 0.773 bits per heavy atom. The van der Waals surface area contributed by atoms with E-state index in [1.165, 1.54) is 0 Å². The van der Waals surface area contributed by atoms with Crippen LogP contribution in [0.25, 0.3) is 0 Å². The molecule has 0 saturated carbocycles. The third-order valence-corrected chi connectivity index (χ3v) is 3.82. The Kier molecular flexibility index (Phi) is 27.9. The number of aliphatic hydroxyl groups excluding tert-OH is 10. The SMILES string of the molecule is O=C([O-])C(O)C(O)C(=O)[O-].O=C([O-])C(O)C(O)C(=O)[O-].O=C([O-])C(O)C(O)C(=O)[O-].O=C1O[C@H]([C@@H](O)CO)C(O)=C1O.[Sb+3].[Sb+3]. The number of cyclic esters (lactones) is 1. The van der Waals surface area contributed by atoms with Crippen LogP contribution in [0, 0.1) is 0 Å². The van der Waals surface area contributed by atoms with Crippen LogP contribution in [0.5, 0.6) is 0 Å². The van der Waals surface area contributed by atoms with Gasteiger partial charge in [0, 0.05) is 0 Å². The number of rotatable bonds is 11. The summed E-state index contributed by atoms with van der Waals surface area (Å²) < 4.78 is 4.32. The van der Waals surface area contributed by atoms with Gasteiger partial charge in [-0.2, -0.15) is 0 Å². The summed E-state index contributed by atoms with van der Waals surface area (Å²) in [6.45, 7) is -0.671. The molecule has 26 heteroatoms. The quantitative estimate of drug-likeness (QED) is 0.0681. The number of carbonyl (C=O) groups excluding carboxylic acids is 7. The topological polar surface area (TPSA) is 469 Å². The maximum Gasteiger partial charge on any atom is 3.00 e. The Morgan fingerprint density at radius 1 is 0.568 bits per heavy atom. The molecule has 246 valence electrons. The molecule has 4 radical (unpaired) electrons. The summed E-state index contributed by atoms with van der Waals surface area (Å²) in [5, 5.41) is 142. The molecule has 0 aromatic rings. The van der Waals surface area contributed by atoms with Crippen molar-refractivity contribution in [2.45, 2.75) is 48.8 Å². The molecule has 1 heterocycles. The molecule has 1 aliphatic heterocycles. The smallest absolute Gasteiger partial charge is 0.547 e. The van der Waals surface area contributed by atoms with E-state index < -0.39 is 109 Å². The van der Waals surface area contributed by atoms with E-state index in [1.807, 2.05) is 0 Å². The van der Waals surface area contributed by atoms with E-state index >= 15 is 0 Å². The first-order valence-electron chi connectivity index (χ1n) is 9.93. The van der Waals surface area contributed by atoms with Gasteiger partial charge in [-0.15, -0.1) is 0 Å². The zero-order valence-electron chi connectivity index (χ0n) is 20.9. The molecule has 24 nitrogen and oxygen atoms in total. The van der Waals surface area contributed by atoms with Crippen LogP contribution in [0.4, 0.5) is 0 Å². The molecule has 0 saturated heterocycles. The van der Waals surface area contributed by atoms with Gasteiger partial charge in [0.1, 0.15) is 42.7 Å². The molecule has 10 N–H and O–H groups in total. The van der Waals surface area contributed by atoms with Crippen LogP contribution in [-0.2, 0) is 38.3 Å². The summed E-state index contributed by atoms with van der Waals surface area (Å²) >= 11 is 0. The zero-order chi connectivity index (χ0) is 34.2. The molecule has 8 atom stereocenters. The molecule has 1 aliphatic rings. The van der Waals surface area contributed by atoms with Gasteiger partial charge in [0.2, 0.25) is 5.76 Å². The Bertz CT molecular complexity index is 874. The fourth-order valence-corrected chi connectivity index (χ4v) is 1.60. The van der Waals surface area contributed by atoms with E-state index in [4.69, 9.17) is 51.1 Å². The normalized spacial score (nSPS) is 17.8. The Labute approximate surface area is 276 Å². The standard InChI is InChI=1S/C6H8O6.3C4H6O6.2Sb/c7-1-2(8)5-3(9)4(10)6(11)12-5;3*5-1(3(7)8)2(6)4(9)10;;/h2,5,7-10H,1H2;3*1-2,5-6H,(H,7,8)(H,9,10);;/q;;;;2*+3/p-6/t2-,5+;;;;;/m0...../s1. The van der Waals surface area contributed by atoms with Crippen molar-refractivity contribution < 1.29 is 120 Å². The van der Waals surface area contributed by atoms with Gasteiger partial charge < -0.3 is 115 Å². The van der Waals surface area contributed by atoms with Crippen molar-refractivity contribution in [2.75, 3.05) is 6.61 Å². The summed E-state index contributed by atoms with van der Waals surface area (Å²) in [7, 11) is 0. The fraction of sp³-hybridized carbons (Fsp3) is 0.500. The minimum absolute atomic E-state index is 0. The van der Waals surface area contributed by atoms with Gasteiger partial charge in [-0.1, -0.05) is 0 Å². The molecule has 44 heavy (non-hydrogen) atoms. The number of aliphatic carboxylic acids is 6. The van der Waals surface area contributed by atoms with Crippen molar-refractivity contribution in [1.29, 1.82) is 0 Å². The van der Waals surface area contributed by atoms with Gasteiger partial charge in [0.25, 0.3) is 0 Å². The second-order valence-corrected chi connectivity index (χ2v) is 6.89. The van der Waals surface area contributed by atoms with E-state index in [-0.39, 0.29) is 48.9 Å². The third-order valence-electron chi connectivity index (χ3n) is 3.82. The van der Waals surface area contributed by atoms with Gasteiger partial charge in [0.15, 0.2) is 11.9 Å². The van der Waals surface area contributed by atoms with Gasteiger partial charge >= 0.3 is 54.8 Å². The molecule has 0 fully saturated rings. The number of carbonyl (C=O) groups is 7. The molecule has 1 rings (SSSR count). The number of carboxylic acid groups (broad SMARTS) is 6. The number of hydrogen-bond acceptors (Lipinski definition) is 24. The monoisotopic (exact) mass is 862 g/mol. The van der Waals surface area contributed by atoms with Crippen LogP contribution in [0.15, 0.2) is 11.5 Å². The fourth-order valence-electron chi connectivity index (χ4n) is 1.60. The van der Waals surface area contributed by atoms with E-state index in [0.717, 1.165) is 0 Å². The van der Waals surface area contributed by atoms with Gasteiger partial charge in [0.05, 0.1) is 42.4 Å². The average Bonchev–Trinajstić information content (AvgIpc) is 3.17. The van der Waals surface area contributed by atoms with Gasteiger partial charge in [-0.25, -0.2) is 4.79 Å². The predicted molar refractivity (Wildman–Crippen MR) is 113 cm³/mol. The number of hydrogen-bond donors (Lipinski definition) is 10. The first-order valence-corrected chi connectivity index (χ1v) is 9.93. The number of esters is 1. The third kappa shape index (κ3) is 18.6. The van der Waals surface area contributed by atoms with Crippen molar-refractivity contribution in [2.24, 2.45) is 0 Å². The van der Waals surface area contributed by atoms with Crippen LogP contribution in [0.3, 0.4) is 0 Å². The molecule has 0 bridgehead atoms. The molecule has 0 aromatic heterocycles. The summed E-state index contributed by atoms with van der Waals surface area (Å²) in [5.74, 6) is -15.1. The maximum atomic E-state index is 10.5. The van der Waals surface area contributed by atoms with Crippen LogP contribution in [0.1, 0.15) is 0 Å². The second kappa shape index (κ2) is 24.3. The average molecular weight is 864 g/mol. The van der Waals surface area contributed by atoms with E-state index in [1.54, 1.807) is 0 Å². The molecule has 0 aromatic carbocycles. The van der Waals surface area contributed by atoms with Crippen molar-refractivity contribution in [1.82, 2.24) is 0 Å². The van der Waals surface area contributed by atoms with Crippen molar-refractivity contribution in [3.05, 3.63) is 11.5 Å². The number of ether oxygens (including phenoxy) is 1. The molecule has 0 aliphatic carbocycles. The summed E-state index contributed by atoms with van der Waals surface area (Å²) in [6, 6.07) is 0. The molecular weight excluding hydrogens is 844 g/mol. The van der Waals surface area contributed by atoms with Crippen molar-refractivity contribution >= 4 is 90.6 Å². The van der Waals surface area contributed by atoms with E-state index in [2.05, 4.69) is 4.74 Å². The Hall–Kier alpha value is -3.05. The summed E-state index contributed by atoms with van der Waals surface area (Å²) in [4.78, 5) is 68.3. The summed E-state index contributed by atoms with van der Waals surface area (Å²) in [5.41, 5.74) is 0. The molecule has 0 spiro atoms. The van der Waals surface area contributed by atoms with Crippen molar-refractivity contribution in [3.8, 4) is 0 Å². The van der Waals surface area contributed by atoms with Crippen LogP contribution < -0.4 is 30.6 Å².